The Kier molecular flexibility index (Phi) is 6.50. The quantitative estimate of drug-likeness (QED) is 0.512. The van der Waals surface area contributed by atoms with E-state index in [1.807, 2.05) is 53.4 Å². The van der Waals surface area contributed by atoms with Crippen LogP contribution in [-0.2, 0) is 0 Å². The average molecular weight is 454 g/mol. The largest absolute Gasteiger partial charge is 0.497 e. The molecule has 2 heterocycles. The van der Waals surface area contributed by atoms with Crippen molar-refractivity contribution < 1.29 is 18.9 Å². The van der Waals surface area contributed by atoms with Crippen LogP contribution < -0.4 is 23.7 Å². The van der Waals surface area contributed by atoms with Crippen molar-refractivity contribution in [1.82, 2.24) is 4.68 Å². The van der Waals surface area contributed by atoms with Crippen molar-refractivity contribution >= 4 is 17.0 Å². The van der Waals surface area contributed by atoms with Crippen LogP contribution in [0.25, 0.3) is 11.3 Å². The molecule has 0 atom stereocenters. The van der Waals surface area contributed by atoms with E-state index in [4.69, 9.17) is 29.0 Å². The maximum absolute atomic E-state index is 5.74. The highest BCUT2D eigenvalue weighted by atomic mass is 32.1. The zero-order chi connectivity index (χ0) is 22.7. The summed E-state index contributed by atoms with van der Waals surface area (Å²) in [6, 6.07) is 11.8. The van der Waals surface area contributed by atoms with Gasteiger partial charge in [-0.25, -0.2) is 4.68 Å². The number of nitrogens with zero attached hydrogens (tertiary/aromatic N) is 3. The first kappa shape index (κ1) is 22.0. The zero-order valence-electron chi connectivity index (χ0n) is 18.9. The third kappa shape index (κ3) is 4.50. The minimum absolute atomic E-state index is 0.135. The summed E-state index contributed by atoms with van der Waals surface area (Å²) in [6.45, 7) is 7.19. The van der Waals surface area contributed by atoms with E-state index in [-0.39, 0.29) is 6.04 Å². The van der Waals surface area contributed by atoms with Gasteiger partial charge in [-0.15, -0.1) is 11.3 Å². The van der Waals surface area contributed by atoms with Gasteiger partial charge in [-0.2, -0.15) is 5.10 Å². The van der Waals surface area contributed by atoms with Gasteiger partial charge in [0.1, 0.15) is 24.7 Å². The van der Waals surface area contributed by atoms with Crippen LogP contribution in [0.4, 0.5) is 0 Å². The molecule has 32 heavy (non-hydrogen) atoms. The van der Waals surface area contributed by atoms with Crippen molar-refractivity contribution in [3.8, 4) is 34.3 Å². The molecule has 1 aliphatic heterocycles. The van der Waals surface area contributed by atoms with Gasteiger partial charge in [0.05, 0.1) is 25.6 Å². The molecule has 0 amide bonds. The standard InChI is InChI=1S/C24H27N3O4S/c1-15(2)25-24-27(20(14-32-24)19-8-7-18(28-4)13-22(19)29-5)26-16(3)17-6-9-21-23(12-17)31-11-10-30-21/h6-9,12-15H,10-11H2,1-5H3. The van der Waals surface area contributed by atoms with Crippen LogP contribution in [0.3, 0.4) is 0 Å². The molecule has 1 aromatic heterocycles. The Balaban J connectivity index is 1.84. The zero-order valence-corrected chi connectivity index (χ0v) is 19.7. The molecule has 0 saturated heterocycles. The highest BCUT2D eigenvalue weighted by Crippen LogP contribution is 2.34. The number of rotatable bonds is 6. The lowest BCUT2D eigenvalue weighted by Crippen LogP contribution is -2.17. The first-order chi connectivity index (χ1) is 15.5. The molecule has 0 unspecified atom stereocenters. The van der Waals surface area contributed by atoms with Gasteiger partial charge in [0.25, 0.3) is 0 Å². The SMILES string of the molecule is COc1ccc(-c2csc(=NC(C)C)n2N=C(C)c2ccc3c(c2)OCCO3)c(OC)c1. The molecule has 0 saturated carbocycles. The minimum atomic E-state index is 0.135. The second kappa shape index (κ2) is 9.48. The van der Waals surface area contributed by atoms with Crippen LogP contribution in [0, 0.1) is 0 Å². The van der Waals surface area contributed by atoms with E-state index < -0.39 is 0 Å². The predicted octanol–water partition coefficient (Wildman–Crippen LogP) is 4.59. The normalized spacial score (nSPS) is 14.1. The van der Waals surface area contributed by atoms with Crippen molar-refractivity contribution in [3.63, 3.8) is 0 Å². The molecular formula is C24H27N3O4S. The number of methoxy groups -OCH3 is 2. The third-order valence-electron chi connectivity index (χ3n) is 4.95. The number of hydrogen-bond donors (Lipinski definition) is 0. The van der Waals surface area contributed by atoms with E-state index in [1.54, 1.807) is 25.6 Å². The molecule has 0 aliphatic carbocycles. The van der Waals surface area contributed by atoms with Gasteiger partial charge < -0.3 is 18.9 Å². The monoisotopic (exact) mass is 453 g/mol. The first-order valence-corrected chi connectivity index (χ1v) is 11.3. The van der Waals surface area contributed by atoms with Crippen molar-refractivity contribution in [3.05, 3.63) is 52.1 Å². The molecule has 4 rings (SSSR count). The topological polar surface area (TPSA) is 66.6 Å². The van der Waals surface area contributed by atoms with Crippen molar-refractivity contribution in [2.45, 2.75) is 26.8 Å². The van der Waals surface area contributed by atoms with E-state index in [9.17, 15) is 0 Å². The average Bonchev–Trinajstić information content (AvgIpc) is 3.19. The molecular weight excluding hydrogens is 426 g/mol. The highest BCUT2D eigenvalue weighted by Gasteiger charge is 2.16. The molecule has 8 heteroatoms. The summed E-state index contributed by atoms with van der Waals surface area (Å²) in [4.78, 5) is 5.59. The summed E-state index contributed by atoms with van der Waals surface area (Å²) in [5, 5.41) is 7.00. The molecule has 0 N–H and O–H groups in total. The van der Waals surface area contributed by atoms with Crippen LogP contribution in [0.15, 0.2) is 51.9 Å². The lowest BCUT2D eigenvalue weighted by atomic mass is 10.1. The van der Waals surface area contributed by atoms with Crippen molar-refractivity contribution in [1.29, 1.82) is 0 Å². The van der Waals surface area contributed by atoms with Gasteiger partial charge in [0.2, 0.25) is 4.80 Å². The number of ether oxygens (including phenoxy) is 4. The Morgan fingerprint density at radius 3 is 2.53 bits per heavy atom. The molecule has 168 valence electrons. The summed E-state index contributed by atoms with van der Waals surface area (Å²) >= 11 is 1.55. The summed E-state index contributed by atoms with van der Waals surface area (Å²) in [6.07, 6.45) is 0. The first-order valence-electron chi connectivity index (χ1n) is 10.4. The van der Waals surface area contributed by atoms with Gasteiger partial charge >= 0.3 is 0 Å². The number of aromatic nitrogens is 1. The molecule has 1 aliphatic rings. The summed E-state index contributed by atoms with van der Waals surface area (Å²) in [5.41, 5.74) is 3.59. The van der Waals surface area contributed by atoms with Crippen molar-refractivity contribution in [2.75, 3.05) is 27.4 Å². The number of thiazole rings is 1. The van der Waals surface area contributed by atoms with E-state index in [0.717, 1.165) is 44.6 Å². The molecule has 3 aromatic rings. The van der Waals surface area contributed by atoms with E-state index in [0.29, 0.717) is 19.0 Å². The number of fused-ring (bicyclic) bond motifs is 1. The maximum Gasteiger partial charge on any atom is 0.206 e. The third-order valence-corrected chi connectivity index (χ3v) is 5.78. The fourth-order valence-corrected chi connectivity index (χ4v) is 4.33. The molecule has 0 spiro atoms. The Morgan fingerprint density at radius 1 is 1.03 bits per heavy atom. The van der Waals surface area contributed by atoms with Gasteiger partial charge in [-0.05, 0) is 51.1 Å². The van der Waals surface area contributed by atoms with Crippen LogP contribution >= 0.6 is 11.3 Å². The van der Waals surface area contributed by atoms with E-state index in [2.05, 4.69) is 13.8 Å². The molecule has 0 radical (unpaired) electrons. The van der Waals surface area contributed by atoms with Gasteiger partial charge in [-0.3, -0.25) is 4.99 Å². The van der Waals surface area contributed by atoms with Gasteiger partial charge in [0, 0.05) is 28.6 Å². The van der Waals surface area contributed by atoms with Crippen LogP contribution in [0.5, 0.6) is 23.0 Å². The van der Waals surface area contributed by atoms with Crippen LogP contribution in [0.1, 0.15) is 26.3 Å². The number of benzene rings is 2. The fourth-order valence-electron chi connectivity index (χ4n) is 3.38. The lowest BCUT2D eigenvalue weighted by molar-refractivity contribution is 0.171. The maximum atomic E-state index is 5.74. The second-order valence-electron chi connectivity index (χ2n) is 7.55. The minimum Gasteiger partial charge on any atom is -0.497 e. The predicted molar refractivity (Wildman–Crippen MR) is 127 cm³/mol. The van der Waals surface area contributed by atoms with Crippen LogP contribution in [-0.4, -0.2) is 43.9 Å². The summed E-state index contributed by atoms with van der Waals surface area (Å²) < 4.78 is 24.2. The van der Waals surface area contributed by atoms with E-state index >= 15 is 0 Å². The van der Waals surface area contributed by atoms with Gasteiger partial charge in [0.15, 0.2) is 11.5 Å². The molecule has 0 bridgehead atoms. The molecule has 2 aromatic carbocycles. The summed E-state index contributed by atoms with van der Waals surface area (Å²) in [5.74, 6) is 2.94. The second-order valence-corrected chi connectivity index (χ2v) is 8.38. The van der Waals surface area contributed by atoms with Crippen LogP contribution in [0.2, 0.25) is 0 Å². The Morgan fingerprint density at radius 2 is 1.81 bits per heavy atom. The molecule has 7 nitrogen and oxygen atoms in total. The van der Waals surface area contributed by atoms with Crippen molar-refractivity contribution in [2.24, 2.45) is 10.1 Å². The smallest absolute Gasteiger partial charge is 0.206 e. The van der Waals surface area contributed by atoms with Gasteiger partial charge in [-0.1, -0.05) is 0 Å². The summed E-state index contributed by atoms with van der Waals surface area (Å²) in [7, 11) is 3.29. The highest BCUT2D eigenvalue weighted by molar-refractivity contribution is 7.07. The lowest BCUT2D eigenvalue weighted by Gasteiger charge is -2.18. The van der Waals surface area contributed by atoms with E-state index in [1.165, 1.54) is 0 Å². The number of hydrogen-bond acceptors (Lipinski definition) is 7. The Hall–Kier alpha value is -3.26. The fraction of sp³-hybridized carbons (Fsp3) is 0.333. The Bertz CT molecular complexity index is 1210. The Labute approximate surface area is 191 Å². The molecule has 0 fully saturated rings.